The largest absolute Gasteiger partial charge is 0.478 e. The van der Waals surface area contributed by atoms with Gasteiger partial charge in [0, 0.05) is 5.57 Å². The van der Waals surface area contributed by atoms with E-state index >= 15 is 0 Å². The molecule has 1 aromatic rings. The third-order valence-corrected chi connectivity index (χ3v) is 2.67. The van der Waals surface area contributed by atoms with Crippen LogP contribution in [0.2, 0.25) is 0 Å². The fourth-order valence-electron chi connectivity index (χ4n) is 1.67. The van der Waals surface area contributed by atoms with Gasteiger partial charge in [0.1, 0.15) is 0 Å². The van der Waals surface area contributed by atoms with Crippen molar-refractivity contribution in [3.8, 4) is 0 Å². The molecule has 0 unspecified atom stereocenters. The molecule has 4 heteroatoms. The van der Waals surface area contributed by atoms with Gasteiger partial charge in [-0.3, -0.25) is 4.79 Å². The van der Waals surface area contributed by atoms with Crippen molar-refractivity contribution < 1.29 is 14.7 Å². The number of amides is 1. The minimum atomic E-state index is -0.950. The van der Waals surface area contributed by atoms with Crippen LogP contribution in [0.25, 0.3) is 6.08 Å². The second-order valence-corrected chi connectivity index (χ2v) is 4.16. The highest BCUT2D eigenvalue weighted by Crippen LogP contribution is 2.17. The highest BCUT2D eigenvalue weighted by molar-refractivity contribution is 5.96. The minimum Gasteiger partial charge on any atom is -0.478 e. The van der Waals surface area contributed by atoms with Crippen LogP contribution in [0, 0.1) is 0 Å². The smallest absolute Gasteiger partial charge is 0.335 e. The first-order valence-corrected chi connectivity index (χ1v) is 5.80. The van der Waals surface area contributed by atoms with Gasteiger partial charge in [0.05, 0.1) is 5.56 Å². The number of nitrogens with two attached hydrogens (primary N) is 1. The summed E-state index contributed by atoms with van der Waals surface area (Å²) in [5.74, 6) is -1.42. The molecule has 0 saturated heterocycles. The Hall–Kier alpha value is -2.10. The Morgan fingerprint density at radius 2 is 2.06 bits per heavy atom. The van der Waals surface area contributed by atoms with Gasteiger partial charge in [0.25, 0.3) is 0 Å². The van der Waals surface area contributed by atoms with Gasteiger partial charge >= 0.3 is 5.97 Å². The number of primary amides is 1. The van der Waals surface area contributed by atoms with Crippen LogP contribution in [0.3, 0.4) is 0 Å². The van der Waals surface area contributed by atoms with E-state index < -0.39 is 11.9 Å². The zero-order chi connectivity index (χ0) is 13.7. The molecule has 1 aromatic carbocycles. The van der Waals surface area contributed by atoms with E-state index in [-0.39, 0.29) is 5.56 Å². The Kier molecular flexibility index (Phi) is 4.66. The van der Waals surface area contributed by atoms with Crippen LogP contribution in [0.15, 0.2) is 23.8 Å². The summed E-state index contributed by atoms with van der Waals surface area (Å²) in [6.07, 6.45) is 3.36. The number of aryl methyl sites for hydroxylation is 1. The quantitative estimate of drug-likeness (QED) is 0.783. The second kappa shape index (κ2) is 6.00. The van der Waals surface area contributed by atoms with Crippen LogP contribution in [0.1, 0.15) is 41.8 Å². The Morgan fingerprint density at radius 3 is 2.56 bits per heavy atom. The standard InChI is InChI=1S/C14H17NO3/c1-3-4-10-8-12(14(17)18)6-5-11(10)7-9(2)13(15)16/h5-8H,3-4H2,1-2H3,(H2,15,16)(H,17,18). The molecule has 0 bridgehead atoms. The molecule has 0 aliphatic rings. The van der Waals surface area contributed by atoms with Gasteiger partial charge < -0.3 is 10.8 Å². The van der Waals surface area contributed by atoms with Crippen LogP contribution >= 0.6 is 0 Å². The molecule has 4 nitrogen and oxygen atoms in total. The van der Waals surface area contributed by atoms with Gasteiger partial charge in [-0.15, -0.1) is 0 Å². The number of hydrogen-bond donors (Lipinski definition) is 2. The molecule has 3 N–H and O–H groups in total. The monoisotopic (exact) mass is 247 g/mol. The zero-order valence-corrected chi connectivity index (χ0v) is 10.6. The van der Waals surface area contributed by atoms with Crippen molar-refractivity contribution in [2.75, 3.05) is 0 Å². The summed E-state index contributed by atoms with van der Waals surface area (Å²) in [5.41, 5.74) is 7.66. The average Bonchev–Trinajstić information content (AvgIpc) is 2.31. The van der Waals surface area contributed by atoms with Crippen molar-refractivity contribution in [1.82, 2.24) is 0 Å². The Balaban J connectivity index is 3.23. The van der Waals surface area contributed by atoms with Gasteiger partial charge in [0.2, 0.25) is 5.91 Å². The number of rotatable bonds is 5. The Bertz CT molecular complexity index is 504. The van der Waals surface area contributed by atoms with Crippen LogP contribution < -0.4 is 5.73 Å². The van der Waals surface area contributed by atoms with Crippen molar-refractivity contribution in [2.45, 2.75) is 26.7 Å². The summed E-state index contributed by atoms with van der Waals surface area (Å²) in [4.78, 5) is 21.9. The fourth-order valence-corrected chi connectivity index (χ4v) is 1.67. The van der Waals surface area contributed by atoms with Gasteiger partial charge in [0.15, 0.2) is 0 Å². The zero-order valence-electron chi connectivity index (χ0n) is 10.6. The molecule has 0 fully saturated rings. The average molecular weight is 247 g/mol. The molecule has 0 saturated carbocycles. The summed E-state index contributed by atoms with van der Waals surface area (Å²) < 4.78 is 0. The number of benzene rings is 1. The molecule has 96 valence electrons. The van der Waals surface area contributed by atoms with E-state index in [2.05, 4.69) is 0 Å². The number of hydrogen-bond acceptors (Lipinski definition) is 2. The molecule has 0 spiro atoms. The summed E-state index contributed by atoms with van der Waals surface area (Å²) in [5, 5.41) is 8.95. The molecule has 1 amide bonds. The number of carboxylic acids is 1. The lowest BCUT2D eigenvalue weighted by molar-refractivity contribution is -0.114. The van der Waals surface area contributed by atoms with Gasteiger partial charge in [-0.25, -0.2) is 4.79 Å². The van der Waals surface area contributed by atoms with Crippen molar-refractivity contribution in [1.29, 1.82) is 0 Å². The minimum absolute atomic E-state index is 0.257. The maximum absolute atomic E-state index is 11.0. The number of carboxylic acid groups (broad SMARTS) is 1. The lowest BCUT2D eigenvalue weighted by atomic mass is 9.98. The van der Waals surface area contributed by atoms with Crippen molar-refractivity contribution in [3.63, 3.8) is 0 Å². The highest BCUT2D eigenvalue weighted by Gasteiger charge is 2.08. The van der Waals surface area contributed by atoms with E-state index in [0.717, 1.165) is 24.0 Å². The summed E-state index contributed by atoms with van der Waals surface area (Å²) in [6.45, 7) is 3.66. The lowest BCUT2D eigenvalue weighted by Gasteiger charge is -2.07. The maximum Gasteiger partial charge on any atom is 0.335 e. The van der Waals surface area contributed by atoms with Gasteiger partial charge in [-0.05, 0) is 42.7 Å². The van der Waals surface area contributed by atoms with Crippen molar-refractivity contribution in [3.05, 3.63) is 40.5 Å². The van der Waals surface area contributed by atoms with Gasteiger partial charge in [-0.2, -0.15) is 0 Å². The molecule has 0 heterocycles. The molecule has 0 aliphatic carbocycles. The van der Waals surface area contributed by atoms with E-state index in [1.54, 1.807) is 25.1 Å². The Labute approximate surface area is 106 Å². The van der Waals surface area contributed by atoms with Crippen LogP contribution in [-0.4, -0.2) is 17.0 Å². The molecular weight excluding hydrogens is 230 g/mol. The molecule has 0 aromatic heterocycles. The molecule has 0 aliphatic heterocycles. The molecule has 18 heavy (non-hydrogen) atoms. The fraction of sp³-hybridized carbons (Fsp3) is 0.286. The molecule has 0 radical (unpaired) electrons. The van der Waals surface area contributed by atoms with E-state index in [9.17, 15) is 9.59 Å². The summed E-state index contributed by atoms with van der Waals surface area (Å²) in [7, 11) is 0. The predicted octanol–water partition coefficient (Wildman–Crippen LogP) is 2.23. The normalized spacial score (nSPS) is 11.3. The number of carbonyl (C=O) groups excluding carboxylic acids is 1. The first-order chi connectivity index (χ1) is 8.45. The van der Waals surface area contributed by atoms with Crippen LogP contribution in [-0.2, 0) is 11.2 Å². The topological polar surface area (TPSA) is 80.4 Å². The first-order valence-electron chi connectivity index (χ1n) is 5.80. The van der Waals surface area contributed by atoms with E-state index in [0.29, 0.717) is 5.57 Å². The SMILES string of the molecule is CCCc1cc(C(=O)O)ccc1C=C(C)C(N)=O. The van der Waals surface area contributed by atoms with Crippen molar-refractivity contribution in [2.24, 2.45) is 5.73 Å². The van der Waals surface area contributed by atoms with Crippen molar-refractivity contribution >= 4 is 18.0 Å². The maximum atomic E-state index is 11.0. The van der Waals surface area contributed by atoms with Crippen LogP contribution in [0.5, 0.6) is 0 Å². The van der Waals surface area contributed by atoms with E-state index in [1.807, 2.05) is 6.92 Å². The van der Waals surface area contributed by atoms with Crippen LogP contribution in [0.4, 0.5) is 0 Å². The number of carbonyl (C=O) groups is 2. The summed E-state index contributed by atoms with van der Waals surface area (Å²) >= 11 is 0. The predicted molar refractivity (Wildman–Crippen MR) is 70.2 cm³/mol. The highest BCUT2D eigenvalue weighted by atomic mass is 16.4. The Morgan fingerprint density at radius 1 is 1.39 bits per heavy atom. The molecular formula is C14H17NO3. The summed E-state index contributed by atoms with van der Waals surface area (Å²) in [6, 6.07) is 4.88. The molecule has 0 atom stereocenters. The third-order valence-electron chi connectivity index (χ3n) is 2.67. The van der Waals surface area contributed by atoms with E-state index in [1.165, 1.54) is 6.07 Å². The lowest BCUT2D eigenvalue weighted by Crippen LogP contribution is -2.11. The third kappa shape index (κ3) is 3.45. The first kappa shape index (κ1) is 14.0. The number of aromatic carboxylic acids is 1. The molecule has 1 rings (SSSR count). The van der Waals surface area contributed by atoms with Gasteiger partial charge in [-0.1, -0.05) is 19.4 Å². The van der Waals surface area contributed by atoms with E-state index in [4.69, 9.17) is 10.8 Å². The second-order valence-electron chi connectivity index (χ2n) is 4.16.